The minimum absolute atomic E-state index is 0.0112. The Morgan fingerprint density at radius 3 is 2.64 bits per heavy atom. The molecule has 22 heavy (non-hydrogen) atoms. The summed E-state index contributed by atoms with van der Waals surface area (Å²) in [6.07, 6.45) is 3.76. The third-order valence-electron chi connectivity index (χ3n) is 3.78. The first-order chi connectivity index (χ1) is 10.7. The number of carbonyl (C=O) groups is 1. The SMILES string of the molecule is O=C(c1cc(NCc2ccc(F)cc2)ccn1)N1CCCC1. The maximum Gasteiger partial charge on any atom is 0.272 e. The van der Waals surface area contributed by atoms with E-state index in [0.29, 0.717) is 12.2 Å². The number of nitrogens with zero attached hydrogens (tertiary/aromatic N) is 2. The van der Waals surface area contributed by atoms with E-state index in [2.05, 4.69) is 10.3 Å². The highest BCUT2D eigenvalue weighted by Gasteiger charge is 2.20. The summed E-state index contributed by atoms with van der Waals surface area (Å²) in [5.41, 5.74) is 2.28. The van der Waals surface area contributed by atoms with Gasteiger partial charge in [-0.15, -0.1) is 0 Å². The second kappa shape index (κ2) is 6.56. The Labute approximate surface area is 129 Å². The Hall–Kier alpha value is -2.43. The third-order valence-corrected chi connectivity index (χ3v) is 3.78. The fourth-order valence-electron chi connectivity index (χ4n) is 2.55. The smallest absolute Gasteiger partial charge is 0.272 e. The molecule has 0 aliphatic carbocycles. The molecule has 1 aliphatic rings. The standard InChI is InChI=1S/C17H18FN3O/c18-14-5-3-13(4-6-14)12-20-15-7-8-19-16(11-15)17(22)21-9-1-2-10-21/h3-8,11H,1-2,9-10,12H2,(H,19,20). The minimum atomic E-state index is -0.244. The summed E-state index contributed by atoms with van der Waals surface area (Å²) in [7, 11) is 0. The average Bonchev–Trinajstić information content (AvgIpc) is 3.08. The molecule has 1 aliphatic heterocycles. The fraction of sp³-hybridized carbons (Fsp3) is 0.294. The van der Waals surface area contributed by atoms with E-state index in [9.17, 15) is 9.18 Å². The number of hydrogen-bond donors (Lipinski definition) is 1. The predicted molar refractivity (Wildman–Crippen MR) is 83.1 cm³/mol. The maximum absolute atomic E-state index is 12.9. The van der Waals surface area contributed by atoms with Crippen LogP contribution in [-0.2, 0) is 6.54 Å². The van der Waals surface area contributed by atoms with Crippen molar-refractivity contribution in [2.45, 2.75) is 19.4 Å². The third kappa shape index (κ3) is 3.42. The van der Waals surface area contributed by atoms with Gasteiger partial charge >= 0.3 is 0 Å². The van der Waals surface area contributed by atoms with Gasteiger partial charge in [-0.05, 0) is 42.7 Å². The molecule has 114 valence electrons. The fourth-order valence-corrected chi connectivity index (χ4v) is 2.55. The molecule has 2 aromatic rings. The average molecular weight is 299 g/mol. The monoisotopic (exact) mass is 299 g/mol. The number of likely N-dealkylation sites (tertiary alicyclic amines) is 1. The summed E-state index contributed by atoms with van der Waals surface area (Å²) in [5, 5.41) is 3.23. The van der Waals surface area contributed by atoms with Crippen molar-refractivity contribution >= 4 is 11.6 Å². The van der Waals surface area contributed by atoms with Gasteiger partial charge < -0.3 is 10.2 Å². The molecule has 3 rings (SSSR count). The van der Waals surface area contributed by atoms with Gasteiger partial charge in [-0.2, -0.15) is 0 Å². The van der Waals surface area contributed by atoms with Gasteiger partial charge in [0.2, 0.25) is 0 Å². The van der Waals surface area contributed by atoms with E-state index in [1.165, 1.54) is 12.1 Å². The number of amides is 1. The van der Waals surface area contributed by atoms with Crippen molar-refractivity contribution in [2.24, 2.45) is 0 Å². The molecule has 1 aromatic carbocycles. The van der Waals surface area contributed by atoms with E-state index in [1.807, 2.05) is 11.0 Å². The lowest BCUT2D eigenvalue weighted by Gasteiger charge is -2.15. The molecule has 0 atom stereocenters. The number of aromatic nitrogens is 1. The van der Waals surface area contributed by atoms with Gasteiger partial charge in [-0.25, -0.2) is 4.39 Å². The lowest BCUT2D eigenvalue weighted by Crippen LogP contribution is -2.28. The molecule has 1 saturated heterocycles. The van der Waals surface area contributed by atoms with Crippen LogP contribution in [0, 0.1) is 5.82 Å². The predicted octanol–water partition coefficient (Wildman–Crippen LogP) is 3.07. The lowest BCUT2D eigenvalue weighted by atomic mass is 10.2. The van der Waals surface area contributed by atoms with Crippen LogP contribution in [0.3, 0.4) is 0 Å². The number of benzene rings is 1. The number of pyridine rings is 1. The number of nitrogens with one attached hydrogen (secondary N) is 1. The van der Waals surface area contributed by atoms with Crippen LogP contribution >= 0.6 is 0 Å². The zero-order chi connectivity index (χ0) is 15.4. The maximum atomic E-state index is 12.9. The molecule has 1 aromatic heterocycles. The molecule has 2 heterocycles. The first-order valence-corrected chi connectivity index (χ1v) is 7.46. The largest absolute Gasteiger partial charge is 0.381 e. The molecule has 0 bridgehead atoms. The molecule has 5 heteroatoms. The molecule has 1 amide bonds. The minimum Gasteiger partial charge on any atom is -0.381 e. The Balaban J connectivity index is 1.65. The first kappa shape index (κ1) is 14.5. The van der Waals surface area contributed by atoms with E-state index in [0.717, 1.165) is 37.2 Å². The Kier molecular flexibility index (Phi) is 4.32. The van der Waals surface area contributed by atoms with E-state index >= 15 is 0 Å². The van der Waals surface area contributed by atoms with E-state index in [1.54, 1.807) is 24.4 Å². The van der Waals surface area contributed by atoms with Gasteiger partial charge in [0.05, 0.1) is 0 Å². The van der Waals surface area contributed by atoms with Crippen LogP contribution in [0.15, 0.2) is 42.6 Å². The quantitative estimate of drug-likeness (QED) is 0.943. The normalized spacial score (nSPS) is 14.1. The van der Waals surface area contributed by atoms with Gasteiger partial charge in [0.15, 0.2) is 0 Å². The Morgan fingerprint density at radius 1 is 1.18 bits per heavy atom. The van der Waals surface area contributed by atoms with Crippen LogP contribution < -0.4 is 5.32 Å². The summed E-state index contributed by atoms with van der Waals surface area (Å²) in [6, 6.07) is 9.94. The zero-order valence-corrected chi connectivity index (χ0v) is 12.3. The topological polar surface area (TPSA) is 45.2 Å². The number of halogens is 1. The summed E-state index contributed by atoms with van der Waals surface area (Å²) < 4.78 is 12.9. The van der Waals surface area contributed by atoms with Crippen molar-refractivity contribution in [1.82, 2.24) is 9.88 Å². The van der Waals surface area contributed by atoms with Crippen LogP contribution in [0.25, 0.3) is 0 Å². The number of rotatable bonds is 4. The van der Waals surface area contributed by atoms with Gasteiger partial charge in [-0.3, -0.25) is 9.78 Å². The van der Waals surface area contributed by atoms with Gasteiger partial charge in [0.25, 0.3) is 5.91 Å². The number of hydrogen-bond acceptors (Lipinski definition) is 3. The van der Waals surface area contributed by atoms with Crippen molar-refractivity contribution in [3.63, 3.8) is 0 Å². The molecular formula is C17H18FN3O. The molecular weight excluding hydrogens is 281 g/mol. The van der Waals surface area contributed by atoms with Crippen molar-refractivity contribution in [1.29, 1.82) is 0 Å². The van der Waals surface area contributed by atoms with E-state index in [-0.39, 0.29) is 11.7 Å². The molecule has 4 nitrogen and oxygen atoms in total. The zero-order valence-electron chi connectivity index (χ0n) is 12.3. The van der Waals surface area contributed by atoms with Gasteiger partial charge in [0, 0.05) is 31.5 Å². The highest BCUT2D eigenvalue weighted by atomic mass is 19.1. The summed E-state index contributed by atoms with van der Waals surface area (Å²) in [6.45, 7) is 2.20. The molecule has 0 spiro atoms. The highest BCUT2D eigenvalue weighted by Crippen LogP contribution is 2.15. The second-order valence-electron chi connectivity index (χ2n) is 5.41. The van der Waals surface area contributed by atoms with E-state index < -0.39 is 0 Å². The molecule has 1 N–H and O–H groups in total. The summed E-state index contributed by atoms with van der Waals surface area (Å²) in [4.78, 5) is 18.3. The van der Waals surface area contributed by atoms with Gasteiger partial charge in [0.1, 0.15) is 11.5 Å². The molecule has 0 unspecified atom stereocenters. The lowest BCUT2D eigenvalue weighted by molar-refractivity contribution is 0.0787. The molecule has 0 saturated carbocycles. The van der Waals surface area contributed by atoms with Crippen LogP contribution in [0.5, 0.6) is 0 Å². The van der Waals surface area contributed by atoms with Crippen molar-refractivity contribution < 1.29 is 9.18 Å². The van der Waals surface area contributed by atoms with Crippen molar-refractivity contribution in [2.75, 3.05) is 18.4 Å². The Morgan fingerprint density at radius 2 is 1.91 bits per heavy atom. The van der Waals surface area contributed by atoms with E-state index in [4.69, 9.17) is 0 Å². The first-order valence-electron chi connectivity index (χ1n) is 7.46. The Bertz CT molecular complexity index is 651. The van der Waals surface area contributed by atoms with Crippen molar-refractivity contribution in [3.05, 3.63) is 59.7 Å². The summed E-state index contributed by atoms with van der Waals surface area (Å²) in [5.74, 6) is -0.255. The highest BCUT2D eigenvalue weighted by molar-refractivity contribution is 5.93. The van der Waals surface area contributed by atoms with Crippen LogP contribution in [0.1, 0.15) is 28.9 Å². The van der Waals surface area contributed by atoms with Crippen LogP contribution in [0.4, 0.5) is 10.1 Å². The molecule has 0 radical (unpaired) electrons. The van der Waals surface area contributed by atoms with Crippen LogP contribution in [0.2, 0.25) is 0 Å². The number of anilines is 1. The van der Waals surface area contributed by atoms with Crippen molar-refractivity contribution in [3.8, 4) is 0 Å². The van der Waals surface area contributed by atoms with Gasteiger partial charge in [-0.1, -0.05) is 12.1 Å². The number of carbonyl (C=O) groups excluding carboxylic acids is 1. The van der Waals surface area contributed by atoms with Crippen LogP contribution in [-0.4, -0.2) is 28.9 Å². The molecule has 1 fully saturated rings. The summed E-state index contributed by atoms with van der Waals surface area (Å²) >= 11 is 0. The second-order valence-corrected chi connectivity index (χ2v) is 5.41.